The van der Waals surface area contributed by atoms with Crippen LogP contribution in [0.1, 0.15) is 31.2 Å². The molecule has 36 heavy (non-hydrogen) atoms. The molecule has 1 aliphatic heterocycles. The third-order valence-corrected chi connectivity index (χ3v) is 7.22. The van der Waals surface area contributed by atoms with E-state index in [1.165, 1.54) is 15.9 Å². The van der Waals surface area contributed by atoms with Gasteiger partial charge in [-0.25, -0.2) is 9.79 Å². The second kappa shape index (κ2) is 9.93. The van der Waals surface area contributed by atoms with E-state index in [0.29, 0.717) is 42.2 Å². The second-order valence-corrected chi connectivity index (χ2v) is 9.94. The molecule has 0 saturated carbocycles. The Kier molecular flexibility index (Phi) is 6.71. The Labute approximate surface area is 220 Å². The Balaban J connectivity index is 1.63. The summed E-state index contributed by atoms with van der Waals surface area (Å²) in [4.78, 5) is 31.6. The molecule has 5 rings (SSSR count). The smallest absolute Gasteiger partial charge is 0.338 e. The van der Waals surface area contributed by atoms with Gasteiger partial charge in [-0.2, -0.15) is 0 Å². The van der Waals surface area contributed by atoms with Crippen molar-refractivity contribution in [3.63, 3.8) is 0 Å². The number of fused-ring (bicyclic) bond motifs is 1. The maximum atomic E-state index is 13.6. The summed E-state index contributed by atoms with van der Waals surface area (Å²) < 4.78 is 13.2. The van der Waals surface area contributed by atoms with Crippen molar-refractivity contribution in [3.05, 3.63) is 113 Å². The van der Waals surface area contributed by atoms with E-state index in [1.807, 2.05) is 18.2 Å². The van der Waals surface area contributed by atoms with Gasteiger partial charge in [0.05, 0.1) is 28.5 Å². The second-order valence-electron chi connectivity index (χ2n) is 8.06. The van der Waals surface area contributed by atoms with Gasteiger partial charge in [0.15, 0.2) is 4.80 Å². The lowest BCUT2D eigenvalue weighted by molar-refractivity contribution is -0.139. The highest BCUT2D eigenvalue weighted by Gasteiger charge is 2.33. The van der Waals surface area contributed by atoms with E-state index in [0.717, 1.165) is 11.1 Å². The van der Waals surface area contributed by atoms with Crippen LogP contribution in [0, 0.1) is 0 Å². The van der Waals surface area contributed by atoms with E-state index in [4.69, 9.17) is 32.4 Å². The fourth-order valence-electron chi connectivity index (χ4n) is 4.08. The number of hydrogen-bond donors (Lipinski definition) is 0. The van der Waals surface area contributed by atoms with Crippen LogP contribution in [0.15, 0.2) is 86.1 Å². The Morgan fingerprint density at radius 1 is 1.08 bits per heavy atom. The molecule has 0 bridgehead atoms. The molecule has 9 heteroatoms. The van der Waals surface area contributed by atoms with Crippen molar-refractivity contribution < 1.29 is 13.9 Å². The molecule has 6 nitrogen and oxygen atoms in total. The summed E-state index contributed by atoms with van der Waals surface area (Å²) in [6, 6.07) is 17.3. The first-order valence-electron chi connectivity index (χ1n) is 11.2. The Hall–Kier alpha value is -3.39. The van der Waals surface area contributed by atoms with E-state index >= 15 is 0 Å². The predicted molar refractivity (Wildman–Crippen MR) is 141 cm³/mol. The summed E-state index contributed by atoms with van der Waals surface area (Å²) in [5.41, 5.74) is 2.15. The number of rotatable bonds is 5. The molecule has 0 N–H and O–H groups in total. The molecular formula is C27H20Cl2N2O4S. The maximum absolute atomic E-state index is 13.6. The molecule has 3 heterocycles. The fourth-order valence-corrected chi connectivity index (χ4v) is 5.36. The van der Waals surface area contributed by atoms with Crippen LogP contribution in [0.5, 0.6) is 0 Å². The number of esters is 1. The molecule has 0 radical (unpaired) electrons. The number of nitrogens with zero attached hydrogens (tertiary/aromatic N) is 2. The number of carbonyl (C=O) groups excluding carboxylic acids is 1. The molecule has 182 valence electrons. The minimum atomic E-state index is -0.694. The molecule has 0 fully saturated rings. The fraction of sp³-hybridized carbons (Fsp3) is 0.148. The SMILES string of the molecule is CCOC(=O)C1=C(C)N=c2sc(=Cc3ccc(-c4ccc(Cl)cc4)o3)c(=O)n2C1c1ccc(Cl)cc1. The average Bonchev–Trinajstić information content (AvgIpc) is 3.44. The first-order chi connectivity index (χ1) is 17.4. The van der Waals surface area contributed by atoms with Crippen LogP contribution in [0.4, 0.5) is 0 Å². The van der Waals surface area contributed by atoms with E-state index in [9.17, 15) is 9.59 Å². The monoisotopic (exact) mass is 538 g/mol. The lowest BCUT2D eigenvalue weighted by Crippen LogP contribution is -2.39. The van der Waals surface area contributed by atoms with Gasteiger partial charge in [-0.05, 0) is 67.9 Å². The zero-order valence-electron chi connectivity index (χ0n) is 19.3. The van der Waals surface area contributed by atoms with Crippen molar-refractivity contribution in [1.82, 2.24) is 4.57 Å². The van der Waals surface area contributed by atoms with Gasteiger partial charge in [0.1, 0.15) is 11.5 Å². The topological polar surface area (TPSA) is 73.8 Å². The zero-order valence-corrected chi connectivity index (χ0v) is 21.7. The summed E-state index contributed by atoms with van der Waals surface area (Å²) in [5.74, 6) is 0.673. The van der Waals surface area contributed by atoms with Gasteiger partial charge in [0.25, 0.3) is 5.56 Å². The highest BCUT2D eigenvalue weighted by molar-refractivity contribution is 7.07. The molecule has 2 aromatic carbocycles. The summed E-state index contributed by atoms with van der Waals surface area (Å²) in [6.45, 7) is 3.70. The van der Waals surface area contributed by atoms with E-state index in [2.05, 4.69) is 4.99 Å². The lowest BCUT2D eigenvalue weighted by Gasteiger charge is -2.24. The number of halogens is 2. The van der Waals surface area contributed by atoms with Crippen LogP contribution >= 0.6 is 34.5 Å². The Bertz CT molecular complexity index is 1660. The summed E-state index contributed by atoms with van der Waals surface area (Å²) in [6.07, 6.45) is 1.69. The average molecular weight is 539 g/mol. The van der Waals surface area contributed by atoms with E-state index in [1.54, 1.807) is 62.4 Å². The minimum absolute atomic E-state index is 0.210. The normalized spacial score (nSPS) is 15.6. The van der Waals surface area contributed by atoms with Crippen LogP contribution in [-0.2, 0) is 9.53 Å². The van der Waals surface area contributed by atoms with E-state index < -0.39 is 12.0 Å². The molecule has 1 atom stereocenters. The van der Waals surface area contributed by atoms with Crippen molar-refractivity contribution >= 4 is 46.6 Å². The molecule has 1 unspecified atom stereocenters. The molecule has 4 aromatic rings. The Morgan fingerprint density at radius 2 is 1.75 bits per heavy atom. The van der Waals surface area contributed by atoms with Crippen LogP contribution in [-0.4, -0.2) is 17.1 Å². The standard InChI is InChI=1S/C27H20Cl2N2O4S/c1-3-34-26(33)23-15(2)30-27-31(24(23)17-6-10-19(29)11-7-17)25(32)22(36-27)14-20-12-13-21(35-20)16-4-8-18(28)9-5-16/h4-14,24H,3H2,1-2H3. The minimum Gasteiger partial charge on any atom is -0.463 e. The third-order valence-electron chi connectivity index (χ3n) is 5.73. The van der Waals surface area contributed by atoms with Crippen molar-refractivity contribution in [2.75, 3.05) is 6.61 Å². The highest BCUT2D eigenvalue weighted by atomic mass is 35.5. The molecule has 2 aromatic heterocycles. The Morgan fingerprint density at radius 3 is 2.42 bits per heavy atom. The van der Waals surface area contributed by atoms with Crippen molar-refractivity contribution in [1.29, 1.82) is 0 Å². The summed E-state index contributed by atoms with van der Waals surface area (Å²) >= 11 is 13.3. The molecule has 1 aliphatic rings. The van der Waals surface area contributed by atoms with E-state index in [-0.39, 0.29) is 12.2 Å². The molecule has 0 amide bonds. The van der Waals surface area contributed by atoms with Crippen LogP contribution in [0.2, 0.25) is 10.0 Å². The van der Waals surface area contributed by atoms with Gasteiger partial charge >= 0.3 is 5.97 Å². The molecule has 0 spiro atoms. The van der Waals surface area contributed by atoms with Gasteiger partial charge in [-0.1, -0.05) is 46.7 Å². The van der Waals surface area contributed by atoms with Crippen molar-refractivity contribution in [2.45, 2.75) is 19.9 Å². The number of furan rings is 1. The predicted octanol–water partition coefficient (Wildman–Crippen LogP) is 5.37. The van der Waals surface area contributed by atoms with Crippen LogP contribution < -0.4 is 14.9 Å². The van der Waals surface area contributed by atoms with Gasteiger partial charge in [-0.15, -0.1) is 0 Å². The number of hydrogen-bond acceptors (Lipinski definition) is 6. The summed E-state index contributed by atoms with van der Waals surface area (Å²) in [7, 11) is 0. The lowest BCUT2D eigenvalue weighted by atomic mass is 9.96. The number of carbonyl (C=O) groups is 1. The summed E-state index contributed by atoms with van der Waals surface area (Å²) in [5, 5.41) is 1.19. The maximum Gasteiger partial charge on any atom is 0.338 e. The quantitative estimate of drug-likeness (QED) is 0.320. The number of ether oxygens (including phenoxy) is 1. The number of allylic oxidation sites excluding steroid dienone is 1. The molecule has 0 aliphatic carbocycles. The highest BCUT2D eigenvalue weighted by Crippen LogP contribution is 2.31. The number of thiazole rings is 1. The van der Waals surface area contributed by atoms with Gasteiger partial charge in [0.2, 0.25) is 0 Å². The van der Waals surface area contributed by atoms with Crippen LogP contribution in [0.25, 0.3) is 17.4 Å². The first kappa shape index (κ1) is 24.3. The molecular weight excluding hydrogens is 519 g/mol. The number of aromatic nitrogens is 1. The zero-order chi connectivity index (χ0) is 25.4. The first-order valence-corrected chi connectivity index (χ1v) is 12.7. The van der Waals surface area contributed by atoms with Crippen LogP contribution in [0.3, 0.4) is 0 Å². The third kappa shape index (κ3) is 4.57. The largest absolute Gasteiger partial charge is 0.463 e. The van der Waals surface area contributed by atoms with Crippen molar-refractivity contribution in [3.8, 4) is 11.3 Å². The van der Waals surface area contributed by atoms with Gasteiger partial charge in [-0.3, -0.25) is 9.36 Å². The van der Waals surface area contributed by atoms with Gasteiger partial charge < -0.3 is 9.15 Å². The molecule has 0 saturated heterocycles. The van der Waals surface area contributed by atoms with Gasteiger partial charge in [0, 0.05) is 21.7 Å². The number of benzene rings is 2. The van der Waals surface area contributed by atoms with Crippen molar-refractivity contribution in [2.24, 2.45) is 4.99 Å².